The van der Waals surface area contributed by atoms with E-state index in [1.54, 1.807) is 24.3 Å². The Kier molecular flexibility index (Phi) is 4.57. The molecule has 0 amide bonds. The molecule has 3 atom stereocenters. The van der Waals surface area contributed by atoms with Crippen LogP contribution in [0, 0.1) is 19.3 Å². The molecule has 1 unspecified atom stereocenters. The number of sulfonamides is 1. The van der Waals surface area contributed by atoms with E-state index in [0.29, 0.717) is 0 Å². The van der Waals surface area contributed by atoms with Gasteiger partial charge >= 0.3 is 0 Å². The number of ketones is 1. The molecule has 3 rings (SSSR count). The van der Waals surface area contributed by atoms with Crippen molar-refractivity contribution in [2.75, 3.05) is 0 Å². The summed E-state index contributed by atoms with van der Waals surface area (Å²) in [7, 11) is -3.73. The molecule has 0 aromatic heterocycles. The fraction of sp³-hybridized carbons (Fsp3) is 0.381. The Labute approximate surface area is 155 Å². The fourth-order valence-electron chi connectivity index (χ4n) is 3.14. The van der Waals surface area contributed by atoms with E-state index >= 15 is 0 Å². The Morgan fingerprint density at radius 1 is 0.885 bits per heavy atom. The second-order valence-corrected chi connectivity index (χ2v) is 9.91. The van der Waals surface area contributed by atoms with E-state index in [-0.39, 0.29) is 10.7 Å². The number of benzene rings is 2. The molecule has 4 nitrogen and oxygen atoms in total. The molecule has 1 saturated heterocycles. The predicted octanol–water partition coefficient (Wildman–Crippen LogP) is 4.03. The zero-order chi connectivity index (χ0) is 19.3. The van der Waals surface area contributed by atoms with E-state index in [9.17, 15) is 13.2 Å². The van der Waals surface area contributed by atoms with Gasteiger partial charge in [0.05, 0.1) is 10.9 Å². The summed E-state index contributed by atoms with van der Waals surface area (Å²) in [6.07, 6.45) is 0. The number of carbonyl (C=O) groups is 1. The van der Waals surface area contributed by atoms with Gasteiger partial charge in [0.2, 0.25) is 10.0 Å². The molecular weight excluding hydrogens is 346 g/mol. The number of nitrogens with zero attached hydrogens (tertiary/aromatic N) is 1. The van der Waals surface area contributed by atoms with E-state index in [1.807, 2.05) is 58.9 Å². The molecule has 1 aliphatic heterocycles. The second-order valence-electron chi connectivity index (χ2n) is 8.06. The van der Waals surface area contributed by atoms with Crippen molar-refractivity contribution in [3.63, 3.8) is 0 Å². The van der Waals surface area contributed by atoms with Crippen LogP contribution in [-0.4, -0.2) is 24.5 Å². The first kappa shape index (κ1) is 18.8. The van der Waals surface area contributed by atoms with Crippen molar-refractivity contribution < 1.29 is 13.2 Å². The third-order valence-electron chi connectivity index (χ3n) is 4.78. The van der Waals surface area contributed by atoms with Crippen LogP contribution in [0.5, 0.6) is 0 Å². The van der Waals surface area contributed by atoms with Crippen molar-refractivity contribution in [3.8, 4) is 0 Å². The summed E-state index contributed by atoms with van der Waals surface area (Å²) in [6.45, 7) is 9.38. The lowest BCUT2D eigenvalue weighted by Crippen LogP contribution is -2.29. The highest BCUT2D eigenvalue weighted by atomic mass is 32.2. The highest BCUT2D eigenvalue weighted by Gasteiger charge is 2.61. The monoisotopic (exact) mass is 371 g/mol. The third kappa shape index (κ3) is 3.33. The van der Waals surface area contributed by atoms with Crippen molar-refractivity contribution >= 4 is 15.8 Å². The summed E-state index contributed by atoms with van der Waals surface area (Å²) >= 11 is 0. The maximum Gasteiger partial charge on any atom is 0.244 e. The largest absolute Gasteiger partial charge is 0.297 e. The van der Waals surface area contributed by atoms with E-state index in [2.05, 4.69) is 0 Å². The smallest absolute Gasteiger partial charge is 0.244 e. The topological polar surface area (TPSA) is 54.2 Å². The van der Waals surface area contributed by atoms with Gasteiger partial charge in [-0.15, -0.1) is 0 Å². The van der Waals surface area contributed by atoms with Crippen LogP contribution in [0.2, 0.25) is 0 Å². The summed E-state index contributed by atoms with van der Waals surface area (Å²) in [4.78, 5) is 13.1. The third-order valence-corrected chi connectivity index (χ3v) is 6.66. The number of Topliss-reactive ketones (excluding diaryl/α,β-unsaturated/α-hetero) is 1. The molecule has 0 saturated carbocycles. The molecule has 0 N–H and O–H groups in total. The van der Waals surface area contributed by atoms with Crippen LogP contribution in [0.25, 0.3) is 0 Å². The van der Waals surface area contributed by atoms with Gasteiger partial charge in [0.1, 0.15) is 6.04 Å². The summed E-state index contributed by atoms with van der Waals surface area (Å²) in [5, 5.41) is 0. The van der Waals surface area contributed by atoms with Gasteiger partial charge in [-0.1, -0.05) is 68.3 Å². The van der Waals surface area contributed by atoms with E-state index in [4.69, 9.17) is 0 Å². The molecule has 2 aromatic rings. The quantitative estimate of drug-likeness (QED) is 0.763. The minimum absolute atomic E-state index is 0.0567. The first-order valence-electron chi connectivity index (χ1n) is 8.74. The molecule has 1 fully saturated rings. The maximum absolute atomic E-state index is 13.2. The van der Waals surface area contributed by atoms with Gasteiger partial charge in [0.25, 0.3) is 0 Å². The van der Waals surface area contributed by atoms with Crippen LogP contribution in [0.1, 0.15) is 43.5 Å². The van der Waals surface area contributed by atoms with Crippen molar-refractivity contribution in [1.82, 2.24) is 4.31 Å². The van der Waals surface area contributed by atoms with Gasteiger partial charge < -0.3 is 0 Å². The van der Waals surface area contributed by atoms with Gasteiger partial charge in [0.15, 0.2) is 5.78 Å². The normalized spacial score (nSPS) is 22.9. The number of carbonyl (C=O) groups excluding carboxylic acids is 1. The molecule has 0 aliphatic carbocycles. The minimum Gasteiger partial charge on any atom is -0.297 e. The molecule has 0 spiro atoms. The van der Waals surface area contributed by atoms with Crippen molar-refractivity contribution in [3.05, 3.63) is 65.2 Å². The summed E-state index contributed by atoms with van der Waals surface area (Å²) in [6, 6.07) is 13.4. The van der Waals surface area contributed by atoms with Gasteiger partial charge in [-0.2, -0.15) is 4.31 Å². The second kappa shape index (κ2) is 6.32. The molecule has 1 aliphatic rings. The van der Waals surface area contributed by atoms with Crippen LogP contribution in [0.3, 0.4) is 0 Å². The average Bonchev–Trinajstić information content (AvgIpc) is 3.30. The lowest BCUT2D eigenvalue weighted by atomic mass is 9.87. The van der Waals surface area contributed by atoms with Gasteiger partial charge in [-0.05, 0) is 31.5 Å². The highest BCUT2D eigenvalue weighted by molar-refractivity contribution is 7.89. The van der Waals surface area contributed by atoms with E-state index < -0.39 is 27.5 Å². The number of hydrogen-bond donors (Lipinski definition) is 0. The maximum atomic E-state index is 13.2. The SMILES string of the molecule is Cc1ccc([C@@H]2[C@H](C(=O)C(C)(C)C)N2S(=O)(=O)c2ccc(C)cc2)cc1. The summed E-state index contributed by atoms with van der Waals surface area (Å²) < 4.78 is 27.7. The van der Waals surface area contributed by atoms with Crippen LogP contribution >= 0.6 is 0 Å². The first-order chi connectivity index (χ1) is 12.0. The van der Waals surface area contributed by atoms with Crippen LogP contribution in [-0.2, 0) is 14.8 Å². The summed E-state index contributed by atoms with van der Waals surface area (Å²) in [5.74, 6) is -0.0567. The van der Waals surface area contributed by atoms with Gasteiger partial charge in [-0.25, -0.2) is 8.42 Å². The number of rotatable bonds is 4. The van der Waals surface area contributed by atoms with E-state index in [1.165, 1.54) is 4.31 Å². The zero-order valence-corrected chi connectivity index (χ0v) is 16.7. The highest BCUT2D eigenvalue weighted by Crippen LogP contribution is 2.50. The van der Waals surface area contributed by atoms with Crippen molar-refractivity contribution in [2.45, 2.75) is 51.6 Å². The minimum atomic E-state index is -3.73. The molecule has 26 heavy (non-hydrogen) atoms. The average molecular weight is 372 g/mol. The Balaban J connectivity index is 2.03. The molecule has 0 bridgehead atoms. The van der Waals surface area contributed by atoms with Gasteiger partial charge in [-0.3, -0.25) is 4.79 Å². The summed E-state index contributed by atoms with van der Waals surface area (Å²) in [5.41, 5.74) is 2.34. The van der Waals surface area contributed by atoms with Crippen LogP contribution < -0.4 is 0 Å². The fourth-order valence-corrected chi connectivity index (χ4v) is 4.85. The Bertz CT molecular complexity index is 923. The van der Waals surface area contributed by atoms with Gasteiger partial charge in [0, 0.05) is 5.41 Å². The lowest BCUT2D eigenvalue weighted by molar-refractivity contribution is -0.126. The number of hydrogen-bond acceptors (Lipinski definition) is 3. The van der Waals surface area contributed by atoms with Crippen LogP contribution in [0.15, 0.2) is 53.4 Å². The first-order valence-corrected chi connectivity index (χ1v) is 10.2. The standard InChI is InChI=1S/C21H25NO3S/c1-14-6-10-16(11-7-14)18-19(20(23)21(3,4)5)22(18)26(24,25)17-12-8-15(2)9-13-17/h6-13,18-19H,1-5H3/t18-,19-,22?/m1/s1. The van der Waals surface area contributed by atoms with Crippen molar-refractivity contribution in [1.29, 1.82) is 0 Å². The molecule has 1 heterocycles. The molecule has 0 radical (unpaired) electrons. The zero-order valence-electron chi connectivity index (χ0n) is 15.9. The lowest BCUT2D eigenvalue weighted by Gasteiger charge is -2.16. The molecular formula is C21H25NO3S. The molecule has 5 heteroatoms. The predicted molar refractivity (Wildman–Crippen MR) is 102 cm³/mol. The Hall–Kier alpha value is -1.98. The Morgan fingerprint density at radius 2 is 1.35 bits per heavy atom. The molecule has 2 aromatic carbocycles. The number of aryl methyl sites for hydroxylation is 2. The van der Waals surface area contributed by atoms with Crippen molar-refractivity contribution in [2.24, 2.45) is 5.41 Å². The van der Waals surface area contributed by atoms with Crippen LogP contribution in [0.4, 0.5) is 0 Å². The Morgan fingerprint density at radius 3 is 1.81 bits per heavy atom. The van der Waals surface area contributed by atoms with E-state index in [0.717, 1.165) is 16.7 Å². The molecule has 138 valence electrons.